The van der Waals surface area contributed by atoms with E-state index in [4.69, 9.17) is 0 Å². The topological polar surface area (TPSA) is 30.7 Å². The van der Waals surface area contributed by atoms with Crippen LogP contribution in [0.3, 0.4) is 0 Å². The Bertz CT molecular complexity index is 1120. The van der Waals surface area contributed by atoms with Gasteiger partial charge in [0.05, 0.1) is 11.2 Å². The fourth-order valence-corrected chi connectivity index (χ4v) is 3.23. The van der Waals surface area contributed by atoms with Crippen molar-refractivity contribution in [1.29, 1.82) is 0 Å². The van der Waals surface area contributed by atoms with Crippen molar-refractivity contribution in [2.24, 2.45) is 5.41 Å². The van der Waals surface area contributed by atoms with Gasteiger partial charge in [-0.3, -0.25) is 0 Å². The Labute approximate surface area is 165 Å². The minimum Gasteiger partial charge on any atom is -0.209 e. The fourth-order valence-electron chi connectivity index (χ4n) is 3.23. The molecule has 3 nitrogen and oxygen atoms in total. The Morgan fingerprint density at radius 3 is 1.86 bits per heavy atom. The van der Waals surface area contributed by atoms with Gasteiger partial charge in [-0.25, -0.2) is 4.68 Å². The van der Waals surface area contributed by atoms with Crippen LogP contribution in [0, 0.1) is 5.41 Å². The van der Waals surface area contributed by atoms with Crippen LogP contribution >= 0.6 is 0 Å². The molecule has 0 unspecified atom stereocenters. The second-order valence-corrected chi connectivity index (χ2v) is 7.82. The number of aromatic nitrogens is 3. The molecule has 138 valence electrons. The lowest BCUT2D eigenvalue weighted by Gasteiger charge is -2.21. The molecule has 0 aliphatic carbocycles. The Balaban J connectivity index is 2.08. The van der Waals surface area contributed by atoms with Gasteiger partial charge >= 0.3 is 0 Å². The van der Waals surface area contributed by atoms with Gasteiger partial charge in [-0.05, 0) is 23.3 Å². The molecule has 0 atom stereocenters. The number of rotatable bonds is 3. The van der Waals surface area contributed by atoms with E-state index in [1.54, 1.807) is 0 Å². The maximum absolute atomic E-state index is 4.46. The number of para-hydroxylation sites is 1. The molecule has 0 radical (unpaired) electrons. The highest BCUT2D eigenvalue weighted by molar-refractivity contribution is 5.84. The predicted octanol–water partition coefficient (Wildman–Crippen LogP) is 6.05. The maximum Gasteiger partial charge on any atom is 0.113 e. The van der Waals surface area contributed by atoms with Crippen molar-refractivity contribution >= 4 is 22.3 Å². The molecule has 0 fully saturated rings. The number of benzene rings is 3. The van der Waals surface area contributed by atoms with Gasteiger partial charge in [0, 0.05) is 11.0 Å². The predicted molar refractivity (Wildman–Crippen MR) is 116 cm³/mol. The van der Waals surface area contributed by atoms with Crippen LogP contribution in [0.15, 0.2) is 90.7 Å². The molecule has 3 heteroatoms. The van der Waals surface area contributed by atoms with Crippen LogP contribution in [0.25, 0.3) is 22.3 Å². The van der Waals surface area contributed by atoms with Crippen molar-refractivity contribution in [3.05, 3.63) is 102 Å². The van der Waals surface area contributed by atoms with E-state index in [1.807, 2.05) is 41.1 Å². The monoisotopic (exact) mass is 365 g/mol. The summed E-state index contributed by atoms with van der Waals surface area (Å²) in [4.78, 5) is 0. The van der Waals surface area contributed by atoms with Crippen molar-refractivity contribution < 1.29 is 0 Å². The van der Waals surface area contributed by atoms with Crippen LogP contribution in [0.4, 0.5) is 0 Å². The van der Waals surface area contributed by atoms with Gasteiger partial charge < -0.3 is 0 Å². The van der Waals surface area contributed by atoms with Crippen LogP contribution in [0.1, 0.15) is 31.9 Å². The molecule has 0 aliphatic heterocycles. The molecule has 0 spiro atoms. The molecular weight excluding hydrogens is 342 g/mol. The first-order valence-corrected chi connectivity index (χ1v) is 9.47. The number of hydrogen-bond donors (Lipinski definition) is 0. The summed E-state index contributed by atoms with van der Waals surface area (Å²) < 4.78 is 1.92. The third-order valence-electron chi connectivity index (χ3n) is 4.64. The molecule has 0 aliphatic rings. The van der Waals surface area contributed by atoms with Gasteiger partial charge in [-0.1, -0.05) is 105 Å². The highest BCUT2D eigenvalue weighted by atomic mass is 15.4. The second-order valence-electron chi connectivity index (χ2n) is 7.82. The first kappa shape index (κ1) is 18.0. The van der Waals surface area contributed by atoms with Gasteiger partial charge in [-0.2, -0.15) is 0 Å². The van der Waals surface area contributed by atoms with E-state index < -0.39 is 0 Å². The maximum atomic E-state index is 4.46. The van der Waals surface area contributed by atoms with Crippen LogP contribution < -0.4 is 0 Å². The third-order valence-corrected chi connectivity index (χ3v) is 4.64. The molecule has 4 aromatic rings. The molecule has 0 saturated carbocycles. The SMILES string of the molecule is CC(C)(C)C(=C=C(c1ccccc1)c1ccccc1)n1nnc2ccccc21. The van der Waals surface area contributed by atoms with Crippen molar-refractivity contribution in [1.82, 2.24) is 15.0 Å². The largest absolute Gasteiger partial charge is 0.209 e. The molecule has 0 N–H and O–H groups in total. The Morgan fingerprint density at radius 1 is 0.750 bits per heavy atom. The molecule has 0 amide bonds. The van der Waals surface area contributed by atoms with Crippen molar-refractivity contribution in [2.75, 3.05) is 0 Å². The second kappa shape index (κ2) is 7.30. The normalized spacial score (nSPS) is 11.2. The van der Waals surface area contributed by atoms with E-state index in [0.29, 0.717) is 0 Å². The molecule has 1 heterocycles. The summed E-state index contributed by atoms with van der Waals surface area (Å²) in [5, 5.41) is 8.81. The van der Waals surface area contributed by atoms with E-state index in [0.717, 1.165) is 33.4 Å². The van der Waals surface area contributed by atoms with E-state index in [1.165, 1.54) is 0 Å². The molecule has 28 heavy (non-hydrogen) atoms. The average Bonchev–Trinajstić information content (AvgIpc) is 3.13. The highest BCUT2D eigenvalue weighted by Crippen LogP contribution is 2.33. The van der Waals surface area contributed by atoms with Crippen molar-refractivity contribution in [3.63, 3.8) is 0 Å². The lowest BCUT2D eigenvalue weighted by Crippen LogP contribution is -2.15. The summed E-state index contributed by atoms with van der Waals surface area (Å²) >= 11 is 0. The van der Waals surface area contributed by atoms with Crippen molar-refractivity contribution in [3.8, 4) is 0 Å². The lowest BCUT2D eigenvalue weighted by atomic mass is 9.90. The molecule has 4 rings (SSSR count). The first-order chi connectivity index (χ1) is 13.5. The zero-order valence-corrected chi connectivity index (χ0v) is 16.4. The van der Waals surface area contributed by atoms with Gasteiger partial charge in [-0.15, -0.1) is 5.10 Å². The Kier molecular flexibility index (Phi) is 4.68. The van der Waals surface area contributed by atoms with Crippen LogP contribution in [0.5, 0.6) is 0 Å². The van der Waals surface area contributed by atoms with Crippen molar-refractivity contribution in [2.45, 2.75) is 20.8 Å². The number of allylic oxidation sites excluding steroid dienone is 1. The standard InChI is InChI=1S/C25H23N3/c1-25(2,3)24(28-23-17-11-10-16-22(23)26-27-28)18-21(19-12-6-4-7-13-19)20-14-8-5-9-15-20/h4-17H,1-3H3. The molecule has 3 aromatic carbocycles. The van der Waals surface area contributed by atoms with Gasteiger partial charge in [0.1, 0.15) is 5.52 Å². The van der Waals surface area contributed by atoms with Crippen LogP contribution in [0.2, 0.25) is 0 Å². The minimum absolute atomic E-state index is 0.175. The zero-order valence-electron chi connectivity index (χ0n) is 16.4. The number of hydrogen-bond acceptors (Lipinski definition) is 2. The van der Waals surface area contributed by atoms with E-state index in [-0.39, 0.29) is 5.41 Å². The summed E-state index contributed by atoms with van der Waals surface area (Å²) in [7, 11) is 0. The average molecular weight is 365 g/mol. The Hall–Kier alpha value is -3.42. The summed E-state index contributed by atoms with van der Waals surface area (Å²) in [6.07, 6.45) is 0. The minimum atomic E-state index is -0.175. The fraction of sp³-hybridized carbons (Fsp3) is 0.160. The van der Waals surface area contributed by atoms with Gasteiger partial charge in [0.25, 0.3) is 0 Å². The number of nitrogens with zero attached hydrogens (tertiary/aromatic N) is 3. The Morgan fingerprint density at radius 2 is 1.29 bits per heavy atom. The van der Waals surface area contributed by atoms with E-state index in [2.05, 4.69) is 85.3 Å². The van der Waals surface area contributed by atoms with Gasteiger partial charge in [0.2, 0.25) is 0 Å². The molecule has 1 aromatic heterocycles. The summed E-state index contributed by atoms with van der Waals surface area (Å²) in [6, 6.07) is 28.8. The third kappa shape index (κ3) is 3.53. The lowest BCUT2D eigenvalue weighted by molar-refractivity contribution is 0.527. The van der Waals surface area contributed by atoms with Gasteiger partial charge in [0.15, 0.2) is 0 Å². The first-order valence-electron chi connectivity index (χ1n) is 9.47. The summed E-state index contributed by atoms with van der Waals surface area (Å²) in [6.45, 7) is 6.54. The van der Waals surface area contributed by atoms with Crippen LogP contribution in [-0.4, -0.2) is 15.0 Å². The van der Waals surface area contributed by atoms with E-state index >= 15 is 0 Å². The zero-order chi connectivity index (χ0) is 19.6. The summed E-state index contributed by atoms with van der Waals surface area (Å²) in [5.74, 6) is 0. The molecular formula is C25H23N3. The molecule has 0 bridgehead atoms. The molecule has 0 saturated heterocycles. The van der Waals surface area contributed by atoms with Crippen LogP contribution in [-0.2, 0) is 0 Å². The smallest absolute Gasteiger partial charge is 0.113 e. The van der Waals surface area contributed by atoms with E-state index in [9.17, 15) is 0 Å². The summed E-state index contributed by atoms with van der Waals surface area (Å²) in [5.41, 5.74) is 9.68. The number of fused-ring (bicyclic) bond motifs is 1. The quantitative estimate of drug-likeness (QED) is 0.414. The highest BCUT2D eigenvalue weighted by Gasteiger charge is 2.22.